The number of nitrogens with zero attached hydrogens (tertiary/aromatic N) is 1. The Morgan fingerprint density at radius 3 is 1.69 bits per heavy atom. The second kappa shape index (κ2) is 6.78. The van der Waals surface area contributed by atoms with Gasteiger partial charge in [0.2, 0.25) is 0 Å². The SMILES string of the molecule is O=C(c1ccccc1)n1c2cc(-c3cccs3)sc2c2sc(-c3cccs3)cc21. The number of rotatable bonds is 3. The van der Waals surface area contributed by atoms with Crippen molar-refractivity contribution in [1.82, 2.24) is 4.57 Å². The predicted molar refractivity (Wildman–Crippen MR) is 128 cm³/mol. The molecule has 0 unspecified atom stereocenters. The summed E-state index contributed by atoms with van der Waals surface area (Å²) in [7, 11) is 0. The summed E-state index contributed by atoms with van der Waals surface area (Å²) < 4.78 is 4.29. The van der Waals surface area contributed by atoms with Gasteiger partial charge in [0.15, 0.2) is 0 Å². The second-order valence-corrected chi connectivity index (χ2v) is 10.6. The van der Waals surface area contributed by atoms with Crippen molar-refractivity contribution in [3.05, 3.63) is 83.1 Å². The third-order valence-corrected chi connectivity index (χ3v) is 9.41. The van der Waals surface area contributed by atoms with Gasteiger partial charge in [-0.3, -0.25) is 9.36 Å². The Morgan fingerprint density at radius 1 is 0.655 bits per heavy atom. The molecule has 2 nitrogen and oxygen atoms in total. The lowest BCUT2D eigenvalue weighted by Gasteiger charge is -2.04. The van der Waals surface area contributed by atoms with E-state index in [1.165, 1.54) is 28.9 Å². The normalized spacial score (nSPS) is 11.6. The fourth-order valence-corrected chi connectivity index (χ4v) is 7.64. The summed E-state index contributed by atoms with van der Waals surface area (Å²) in [5, 5.41) is 4.19. The minimum Gasteiger partial charge on any atom is -0.274 e. The van der Waals surface area contributed by atoms with E-state index in [1.807, 2.05) is 34.9 Å². The van der Waals surface area contributed by atoms with Gasteiger partial charge in [0.05, 0.1) is 20.4 Å². The Kier molecular flexibility index (Phi) is 4.06. The monoisotopic (exact) mass is 447 g/mol. The van der Waals surface area contributed by atoms with Crippen molar-refractivity contribution in [3.63, 3.8) is 0 Å². The van der Waals surface area contributed by atoms with Crippen molar-refractivity contribution in [2.75, 3.05) is 0 Å². The van der Waals surface area contributed by atoms with Gasteiger partial charge in [-0.1, -0.05) is 30.3 Å². The average molecular weight is 448 g/mol. The van der Waals surface area contributed by atoms with Crippen LogP contribution in [0, 0.1) is 0 Å². The molecule has 0 bridgehead atoms. The third kappa shape index (κ3) is 2.75. The van der Waals surface area contributed by atoms with Gasteiger partial charge in [-0.05, 0) is 47.2 Å². The first-order chi connectivity index (χ1) is 14.3. The van der Waals surface area contributed by atoms with Crippen molar-refractivity contribution in [1.29, 1.82) is 0 Å². The molecule has 0 aliphatic heterocycles. The maximum atomic E-state index is 13.5. The molecule has 0 aliphatic carbocycles. The summed E-state index contributed by atoms with van der Waals surface area (Å²) in [6.07, 6.45) is 0. The highest BCUT2D eigenvalue weighted by Crippen LogP contribution is 2.46. The van der Waals surface area contributed by atoms with Gasteiger partial charge < -0.3 is 0 Å². The van der Waals surface area contributed by atoms with Crippen LogP contribution in [0.15, 0.2) is 77.5 Å². The Morgan fingerprint density at radius 2 is 1.21 bits per heavy atom. The van der Waals surface area contributed by atoms with Gasteiger partial charge in [0, 0.05) is 25.1 Å². The Bertz CT molecular complexity index is 1360. The van der Waals surface area contributed by atoms with E-state index in [0.29, 0.717) is 5.56 Å². The van der Waals surface area contributed by atoms with Gasteiger partial charge in [-0.15, -0.1) is 45.3 Å². The van der Waals surface area contributed by atoms with E-state index in [-0.39, 0.29) is 5.91 Å². The molecule has 29 heavy (non-hydrogen) atoms. The first-order valence-corrected chi connectivity index (χ1v) is 12.4. The number of thiophene rings is 4. The molecular formula is C23H13NOS4. The lowest BCUT2D eigenvalue weighted by atomic mass is 10.2. The fraction of sp³-hybridized carbons (Fsp3) is 0. The van der Waals surface area contributed by atoms with E-state index in [4.69, 9.17) is 0 Å². The highest BCUT2D eigenvalue weighted by Gasteiger charge is 2.23. The van der Waals surface area contributed by atoms with Crippen LogP contribution in [0.1, 0.15) is 10.4 Å². The lowest BCUT2D eigenvalue weighted by molar-refractivity contribution is 0.0969. The molecule has 0 fully saturated rings. The standard InChI is InChI=1S/C23H13NOS4/c25-23(14-6-2-1-3-7-14)24-15-12-19(17-8-4-10-26-17)28-21(15)22-16(24)13-20(29-22)18-9-5-11-27-18/h1-13H. The van der Waals surface area contributed by atoms with Crippen LogP contribution in [0.3, 0.4) is 0 Å². The summed E-state index contributed by atoms with van der Waals surface area (Å²) >= 11 is 7.03. The van der Waals surface area contributed by atoms with E-state index >= 15 is 0 Å². The van der Waals surface area contributed by atoms with Crippen LogP contribution in [-0.2, 0) is 0 Å². The van der Waals surface area contributed by atoms with Crippen molar-refractivity contribution < 1.29 is 4.79 Å². The fourth-order valence-electron chi connectivity index (χ4n) is 3.56. The van der Waals surface area contributed by atoms with Crippen LogP contribution in [-0.4, -0.2) is 10.5 Å². The number of aromatic nitrogens is 1. The van der Waals surface area contributed by atoms with Crippen LogP contribution in [0.25, 0.3) is 39.9 Å². The highest BCUT2D eigenvalue weighted by atomic mass is 32.1. The van der Waals surface area contributed by atoms with Crippen molar-refractivity contribution in [2.24, 2.45) is 0 Å². The summed E-state index contributed by atoms with van der Waals surface area (Å²) in [6, 6.07) is 22.3. The van der Waals surface area contributed by atoms with Crippen LogP contribution in [0.2, 0.25) is 0 Å². The lowest BCUT2D eigenvalue weighted by Crippen LogP contribution is -2.10. The van der Waals surface area contributed by atoms with Gasteiger partial charge >= 0.3 is 0 Å². The molecule has 0 saturated carbocycles. The van der Waals surface area contributed by atoms with Gasteiger partial charge in [0.1, 0.15) is 0 Å². The predicted octanol–water partition coefficient (Wildman–Crippen LogP) is 8.06. The van der Waals surface area contributed by atoms with E-state index in [9.17, 15) is 4.79 Å². The Hall–Kier alpha value is -2.51. The number of hydrogen-bond donors (Lipinski definition) is 0. The van der Waals surface area contributed by atoms with Gasteiger partial charge in [-0.2, -0.15) is 0 Å². The Balaban J connectivity index is 1.64. The van der Waals surface area contributed by atoms with Crippen LogP contribution in [0.4, 0.5) is 0 Å². The molecular weight excluding hydrogens is 435 g/mol. The third-order valence-electron chi connectivity index (χ3n) is 4.86. The molecule has 0 amide bonds. The zero-order chi connectivity index (χ0) is 19.4. The maximum Gasteiger partial charge on any atom is 0.262 e. The summed E-state index contributed by atoms with van der Waals surface area (Å²) in [6.45, 7) is 0. The van der Waals surface area contributed by atoms with E-state index in [1.54, 1.807) is 45.3 Å². The number of hydrogen-bond acceptors (Lipinski definition) is 5. The van der Waals surface area contributed by atoms with Crippen LogP contribution in [0.5, 0.6) is 0 Å². The zero-order valence-electron chi connectivity index (χ0n) is 15.0. The van der Waals surface area contributed by atoms with Gasteiger partial charge in [-0.25, -0.2) is 0 Å². The molecule has 0 saturated heterocycles. The Labute approximate surface area is 182 Å². The number of carbonyl (C=O) groups is 1. The minimum absolute atomic E-state index is 0.0247. The van der Waals surface area contributed by atoms with E-state index < -0.39 is 0 Å². The van der Waals surface area contributed by atoms with Crippen LogP contribution < -0.4 is 0 Å². The van der Waals surface area contributed by atoms with E-state index in [0.717, 1.165) is 11.0 Å². The molecule has 0 N–H and O–H groups in total. The van der Waals surface area contributed by atoms with Crippen molar-refractivity contribution in [3.8, 4) is 19.5 Å². The first-order valence-electron chi connectivity index (χ1n) is 9.05. The van der Waals surface area contributed by atoms with Crippen molar-refractivity contribution >= 4 is 71.7 Å². The molecule has 6 rings (SSSR count). The molecule has 1 aromatic carbocycles. The molecule has 5 aromatic heterocycles. The average Bonchev–Trinajstić information content (AvgIpc) is 3.55. The molecule has 0 radical (unpaired) electrons. The minimum atomic E-state index is 0.0247. The molecule has 0 aliphatic rings. The second-order valence-electron chi connectivity index (χ2n) is 6.61. The van der Waals surface area contributed by atoms with Crippen molar-refractivity contribution in [2.45, 2.75) is 0 Å². The van der Waals surface area contributed by atoms with Gasteiger partial charge in [0.25, 0.3) is 5.91 Å². The summed E-state index contributed by atoms with van der Waals surface area (Å²) in [5.74, 6) is 0.0247. The molecule has 0 spiro atoms. The molecule has 6 heteroatoms. The van der Waals surface area contributed by atoms with E-state index in [2.05, 4.69) is 47.2 Å². The largest absolute Gasteiger partial charge is 0.274 e. The summed E-state index contributed by atoms with van der Waals surface area (Å²) in [4.78, 5) is 18.4. The smallest absolute Gasteiger partial charge is 0.262 e. The molecule has 5 heterocycles. The number of benzene rings is 1. The first kappa shape index (κ1) is 17.4. The molecule has 6 aromatic rings. The molecule has 0 atom stereocenters. The van der Waals surface area contributed by atoms with Crippen LogP contribution >= 0.6 is 45.3 Å². The number of carbonyl (C=O) groups excluding carboxylic acids is 1. The summed E-state index contributed by atoms with van der Waals surface area (Å²) in [5.41, 5.74) is 2.72. The topological polar surface area (TPSA) is 22.0 Å². The quantitative estimate of drug-likeness (QED) is 0.269. The molecule has 140 valence electrons. The maximum absolute atomic E-state index is 13.5. The zero-order valence-corrected chi connectivity index (χ0v) is 18.3. The number of fused-ring (bicyclic) bond motifs is 3. The highest BCUT2D eigenvalue weighted by molar-refractivity contribution is 7.32.